The summed E-state index contributed by atoms with van der Waals surface area (Å²) in [5.41, 5.74) is 1.08. The number of aliphatic carboxylic acids is 1. The summed E-state index contributed by atoms with van der Waals surface area (Å²) in [6, 6.07) is 4.31. The Hall–Kier alpha value is -1.95. The second kappa shape index (κ2) is 7.08. The van der Waals surface area contributed by atoms with Gasteiger partial charge in [-0.15, -0.1) is 0 Å². The number of rotatable bonds is 5. The van der Waals surface area contributed by atoms with Crippen LogP contribution in [0.1, 0.15) is 31.2 Å². The van der Waals surface area contributed by atoms with Crippen molar-refractivity contribution >= 4 is 5.97 Å². The van der Waals surface area contributed by atoms with Crippen LogP contribution in [-0.4, -0.2) is 37.4 Å². The summed E-state index contributed by atoms with van der Waals surface area (Å²) in [5, 5.41) is 12.6. The quantitative estimate of drug-likeness (QED) is 0.866. The number of benzene rings is 1. The van der Waals surface area contributed by atoms with E-state index in [0.29, 0.717) is 37.3 Å². The van der Waals surface area contributed by atoms with E-state index in [1.807, 2.05) is 12.1 Å². The highest BCUT2D eigenvalue weighted by Crippen LogP contribution is 2.40. The van der Waals surface area contributed by atoms with E-state index in [9.17, 15) is 4.79 Å². The Morgan fingerprint density at radius 2 is 2.00 bits per heavy atom. The summed E-state index contributed by atoms with van der Waals surface area (Å²) in [6.45, 7) is 1.79. The van der Waals surface area contributed by atoms with Crippen LogP contribution in [0.15, 0.2) is 12.1 Å². The van der Waals surface area contributed by atoms with Gasteiger partial charge in [0.05, 0.1) is 13.0 Å². The van der Waals surface area contributed by atoms with Gasteiger partial charge in [-0.25, -0.2) is 0 Å². The number of carboxylic acids is 1. The van der Waals surface area contributed by atoms with Crippen LogP contribution in [-0.2, 0) is 11.3 Å². The molecular formula is C17H23NO5. The minimum absolute atomic E-state index is 0.178. The van der Waals surface area contributed by atoms with Crippen molar-refractivity contribution in [2.75, 3.05) is 20.3 Å². The lowest BCUT2D eigenvalue weighted by molar-refractivity contribution is -0.142. The maximum Gasteiger partial charge on any atom is 0.306 e. The summed E-state index contributed by atoms with van der Waals surface area (Å²) in [4.78, 5) is 11.0. The van der Waals surface area contributed by atoms with Gasteiger partial charge in [-0.2, -0.15) is 0 Å². The molecule has 0 bridgehead atoms. The molecule has 1 fully saturated rings. The van der Waals surface area contributed by atoms with Crippen molar-refractivity contribution in [3.05, 3.63) is 17.7 Å². The van der Waals surface area contributed by atoms with Gasteiger partial charge in [0.25, 0.3) is 0 Å². The molecule has 0 unspecified atom stereocenters. The Morgan fingerprint density at radius 3 is 2.70 bits per heavy atom. The summed E-state index contributed by atoms with van der Waals surface area (Å²) >= 11 is 0. The average Bonchev–Trinajstić information content (AvgIpc) is 2.59. The molecule has 0 atom stereocenters. The van der Waals surface area contributed by atoms with Gasteiger partial charge in [-0.3, -0.25) is 4.79 Å². The highest BCUT2D eigenvalue weighted by atomic mass is 16.6. The van der Waals surface area contributed by atoms with E-state index in [4.69, 9.17) is 19.3 Å². The molecule has 6 heteroatoms. The van der Waals surface area contributed by atoms with Crippen molar-refractivity contribution in [3.63, 3.8) is 0 Å². The van der Waals surface area contributed by atoms with Crippen LogP contribution < -0.4 is 19.5 Å². The summed E-state index contributed by atoms with van der Waals surface area (Å²) in [6.07, 6.45) is 3.30. The van der Waals surface area contributed by atoms with Crippen LogP contribution in [0.25, 0.3) is 0 Å². The van der Waals surface area contributed by atoms with E-state index in [1.165, 1.54) is 0 Å². The van der Waals surface area contributed by atoms with Gasteiger partial charge in [0.1, 0.15) is 13.2 Å². The molecule has 1 aliphatic carbocycles. The molecule has 1 aromatic carbocycles. The molecule has 0 saturated heterocycles. The monoisotopic (exact) mass is 321 g/mol. The Kier molecular flexibility index (Phi) is 4.91. The second-order valence-corrected chi connectivity index (χ2v) is 6.09. The van der Waals surface area contributed by atoms with Crippen molar-refractivity contribution in [2.45, 2.75) is 38.3 Å². The minimum Gasteiger partial charge on any atom is -0.493 e. The first-order chi connectivity index (χ1) is 11.2. The zero-order valence-electron chi connectivity index (χ0n) is 13.3. The zero-order chi connectivity index (χ0) is 16.2. The largest absolute Gasteiger partial charge is 0.493 e. The first-order valence-electron chi connectivity index (χ1n) is 8.10. The van der Waals surface area contributed by atoms with Crippen LogP contribution in [0.2, 0.25) is 0 Å². The fraction of sp³-hybridized carbons (Fsp3) is 0.588. The molecule has 0 aromatic heterocycles. The molecule has 1 saturated carbocycles. The molecule has 0 amide bonds. The van der Waals surface area contributed by atoms with E-state index in [0.717, 1.165) is 37.0 Å². The summed E-state index contributed by atoms with van der Waals surface area (Å²) < 4.78 is 16.6. The number of hydrogen-bond acceptors (Lipinski definition) is 5. The molecule has 126 valence electrons. The van der Waals surface area contributed by atoms with Gasteiger partial charge in [-0.05, 0) is 43.4 Å². The average molecular weight is 321 g/mol. The van der Waals surface area contributed by atoms with Crippen LogP contribution in [0, 0.1) is 5.92 Å². The Bertz CT molecular complexity index is 549. The molecule has 0 spiro atoms. The van der Waals surface area contributed by atoms with Gasteiger partial charge >= 0.3 is 5.97 Å². The van der Waals surface area contributed by atoms with Crippen molar-refractivity contribution < 1.29 is 24.1 Å². The number of hydrogen-bond donors (Lipinski definition) is 2. The van der Waals surface area contributed by atoms with Gasteiger partial charge in [-0.1, -0.05) is 0 Å². The molecule has 0 radical (unpaired) electrons. The maximum atomic E-state index is 11.0. The SMILES string of the molecule is COc1cc(CNC2CCC(C(=O)O)CC2)cc2c1OCCO2. The Labute approximate surface area is 135 Å². The molecular weight excluding hydrogens is 298 g/mol. The highest BCUT2D eigenvalue weighted by molar-refractivity contribution is 5.70. The molecule has 23 heavy (non-hydrogen) atoms. The molecule has 3 rings (SSSR count). The number of ether oxygens (including phenoxy) is 3. The molecule has 1 heterocycles. The predicted molar refractivity (Wildman–Crippen MR) is 84.2 cm³/mol. The van der Waals surface area contributed by atoms with Crippen LogP contribution >= 0.6 is 0 Å². The van der Waals surface area contributed by atoms with Crippen molar-refractivity contribution in [1.82, 2.24) is 5.32 Å². The lowest BCUT2D eigenvalue weighted by atomic mass is 9.86. The van der Waals surface area contributed by atoms with Crippen molar-refractivity contribution in [1.29, 1.82) is 0 Å². The first kappa shape index (κ1) is 15.9. The third-order valence-electron chi connectivity index (χ3n) is 4.56. The fourth-order valence-electron chi connectivity index (χ4n) is 3.24. The van der Waals surface area contributed by atoms with Gasteiger partial charge in [0, 0.05) is 12.6 Å². The smallest absolute Gasteiger partial charge is 0.306 e. The summed E-state index contributed by atoms with van der Waals surface area (Å²) in [5.74, 6) is 1.24. The zero-order valence-corrected chi connectivity index (χ0v) is 13.3. The molecule has 1 aliphatic heterocycles. The maximum absolute atomic E-state index is 11.0. The fourth-order valence-corrected chi connectivity index (χ4v) is 3.24. The van der Waals surface area contributed by atoms with Crippen molar-refractivity contribution in [3.8, 4) is 17.2 Å². The van der Waals surface area contributed by atoms with E-state index in [1.54, 1.807) is 7.11 Å². The van der Waals surface area contributed by atoms with Gasteiger partial charge in [0.15, 0.2) is 11.5 Å². The number of carbonyl (C=O) groups is 1. The predicted octanol–water partition coefficient (Wildman–Crippen LogP) is 2.20. The Morgan fingerprint density at radius 1 is 1.26 bits per heavy atom. The van der Waals surface area contributed by atoms with E-state index in [2.05, 4.69) is 5.32 Å². The van der Waals surface area contributed by atoms with E-state index >= 15 is 0 Å². The molecule has 2 N–H and O–H groups in total. The lowest BCUT2D eigenvalue weighted by Gasteiger charge is -2.27. The Balaban J connectivity index is 1.59. The number of methoxy groups -OCH3 is 1. The topological polar surface area (TPSA) is 77.0 Å². The normalized spacial score (nSPS) is 23.3. The van der Waals surface area contributed by atoms with E-state index in [-0.39, 0.29) is 5.92 Å². The van der Waals surface area contributed by atoms with Crippen LogP contribution in [0.5, 0.6) is 17.2 Å². The van der Waals surface area contributed by atoms with Gasteiger partial charge < -0.3 is 24.6 Å². The lowest BCUT2D eigenvalue weighted by Crippen LogP contribution is -2.34. The number of fused-ring (bicyclic) bond motifs is 1. The standard InChI is InChI=1S/C17H23NO5/c1-21-14-8-11(9-15-16(14)23-7-6-22-15)10-18-13-4-2-12(3-5-13)17(19)20/h8-9,12-13,18H,2-7,10H2,1H3,(H,19,20). The van der Waals surface area contributed by atoms with Crippen LogP contribution in [0.4, 0.5) is 0 Å². The number of nitrogens with one attached hydrogen (secondary N) is 1. The first-order valence-corrected chi connectivity index (χ1v) is 8.10. The minimum atomic E-state index is -0.667. The molecule has 1 aromatic rings. The van der Waals surface area contributed by atoms with Crippen molar-refractivity contribution in [2.24, 2.45) is 5.92 Å². The van der Waals surface area contributed by atoms with Gasteiger partial charge in [0.2, 0.25) is 5.75 Å². The third-order valence-corrected chi connectivity index (χ3v) is 4.56. The van der Waals surface area contributed by atoms with Crippen LogP contribution in [0.3, 0.4) is 0 Å². The van der Waals surface area contributed by atoms with E-state index < -0.39 is 5.97 Å². The summed E-state index contributed by atoms with van der Waals surface area (Å²) in [7, 11) is 1.62. The second-order valence-electron chi connectivity index (χ2n) is 6.09. The third kappa shape index (κ3) is 3.69. The molecule has 6 nitrogen and oxygen atoms in total. The number of carboxylic acid groups (broad SMARTS) is 1. The highest BCUT2D eigenvalue weighted by Gasteiger charge is 2.26. The molecule has 2 aliphatic rings.